The molecular formula is C33H45FN2O12. The maximum atomic E-state index is 15.8. The second kappa shape index (κ2) is 13.9. The molecule has 15 heteroatoms. The molecule has 1 aliphatic heterocycles. The maximum Gasteiger partial charge on any atom is 0.323 e. The molecule has 0 aromatic carbocycles. The molecule has 0 spiro atoms. The van der Waals surface area contributed by atoms with E-state index in [4.69, 9.17) is 24.7 Å². The van der Waals surface area contributed by atoms with Crippen molar-refractivity contribution < 1.29 is 57.5 Å². The third kappa shape index (κ3) is 6.29. The number of Topliss-reactive ketones (excluding diaryl/α,β-unsaturated/α-hetero) is 1. The van der Waals surface area contributed by atoms with Gasteiger partial charge in [0.2, 0.25) is 5.78 Å². The van der Waals surface area contributed by atoms with Gasteiger partial charge in [-0.3, -0.25) is 19.2 Å². The lowest BCUT2D eigenvalue weighted by atomic mass is 9.46. The van der Waals surface area contributed by atoms with Crippen LogP contribution in [-0.2, 0) is 43.0 Å². The van der Waals surface area contributed by atoms with Crippen LogP contribution in [-0.4, -0.2) is 89.8 Å². The summed E-state index contributed by atoms with van der Waals surface area (Å²) in [5.41, 5.74) is 2.74. The number of aliphatic hydroxyl groups is 1. The molecular weight excluding hydrogens is 635 g/mol. The van der Waals surface area contributed by atoms with E-state index in [9.17, 15) is 34.4 Å². The summed E-state index contributed by atoms with van der Waals surface area (Å²) in [6.45, 7) is 4.75. The van der Waals surface area contributed by atoms with Crippen LogP contribution in [0.25, 0.3) is 0 Å². The standard InChI is InChI=1S/C33H45FN2O12/c1-4-7-28-47-26-14-20-19-13-22(34)21-12-18(37)8-9-31(21,2)29(19)24(38)16-32(20,3)33(26,48-28)25(39)17-45-27(40)15-23(35)30(41)44-10-5-6-11-46-36(42)43/h8-9,12,19-20,22-24,26,28-29,38H,4-7,10-11,13-17,35H2,1-3H3/t19-,20-,22-,23?,24-,26+,28?,29+,31-,32-,33-/m0/s1. The van der Waals surface area contributed by atoms with Crippen LogP contribution >= 0.6 is 0 Å². The second-order valence-corrected chi connectivity index (χ2v) is 14.1. The first-order valence-corrected chi connectivity index (χ1v) is 16.7. The molecule has 1 saturated heterocycles. The zero-order valence-electron chi connectivity index (χ0n) is 27.5. The summed E-state index contributed by atoms with van der Waals surface area (Å²) in [6.07, 6.45) is 2.51. The summed E-state index contributed by atoms with van der Waals surface area (Å²) in [5, 5.41) is 21.1. The monoisotopic (exact) mass is 680 g/mol. The number of hydrogen-bond donors (Lipinski definition) is 2. The topological polar surface area (TPSA) is 204 Å². The number of fused-ring (bicyclic) bond motifs is 7. The zero-order valence-corrected chi connectivity index (χ0v) is 27.5. The Morgan fingerprint density at radius 2 is 1.94 bits per heavy atom. The van der Waals surface area contributed by atoms with Crippen molar-refractivity contribution in [3.63, 3.8) is 0 Å². The van der Waals surface area contributed by atoms with Gasteiger partial charge in [-0.25, -0.2) is 4.39 Å². The smallest absolute Gasteiger partial charge is 0.323 e. The second-order valence-electron chi connectivity index (χ2n) is 14.1. The van der Waals surface area contributed by atoms with Crippen molar-refractivity contribution in [3.05, 3.63) is 33.9 Å². The van der Waals surface area contributed by atoms with Gasteiger partial charge >= 0.3 is 11.9 Å². The summed E-state index contributed by atoms with van der Waals surface area (Å²) in [6, 6.07) is -1.36. The molecule has 0 amide bonds. The Morgan fingerprint density at radius 3 is 2.65 bits per heavy atom. The average Bonchev–Trinajstić information content (AvgIpc) is 3.50. The van der Waals surface area contributed by atoms with Gasteiger partial charge in [-0.15, -0.1) is 10.1 Å². The van der Waals surface area contributed by atoms with Gasteiger partial charge in [0.25, 0.3) is 5.09 Å². The Bertz CT molecular complexity index is 1370. The Labute approximate surface area is 277 Å². The molecule has 4 aliphatic carbocycles. The van der Waals surface area contributed by atoms with Crippen molar-refractivity contribution in [2.45, 2.75) is 108 Å². The molecule has 0 radical (unpaired) electrons. The largest absolute Gasteiger partial charge is 0.465 e. The molecule has 3 N–H and O–H groups in total. The van der Waals surface area contributed by atoms with Gasteiger partial charge in [-0.05, 0) is 68.1 Å². The SMILES string of the molecule is CCCC1O[C@@H]2C[C@H]3[C@@H]4C[C@H](F)C5=CC(=O)C=C[C@]5(C)[C@H]4[C@@H](O)C[C@]3(C)[C@@]2(C(=O)COC(=O)CC(N)C(=O)OCCCCO[N+](=O)[O-])O1. The summed E-state index contributed by atoms with van der Waals surface area (Å²) in [5.74, 6) is -3.65. The summed E-state index contributed by atoms with van der Waals surface area (Å²) in [7, 11) is 0. The number of nitrogens with two attached hydrogens (primary N) is 1. The van der Waals surface area contributed by atoms with Crippen LogP contribution in [0, 0.1) is 38.7 Å². The third-order valence-electron chi connectivity index (χ3n) is 11.2. The van der Waals surface area contributed by atoms with Crippen molar-refractivity contribution in [2.75, 3.05) is 19.8 Å². The number of allylic oxidation sites excluding steroid dienone is 4. The number of rotatable bonds is 14. The molecule has 4 fully saturated rings. The normalized spacial score (nSPS) is 38.5. The Balaban J connectivity index is 1.27. The van der Waals surface area contributed by atoms with Gasteiger partial charge in [0.1, 0.15) is 12.2 Å². The molecule has 3 saturated carbocycles. The van der Waals surface area contributed by atoms with Gasteiger partial charge in [0, 0.05) is 16.7 Å². The number of alkyl halides is 1. The molecule has 14 nitrogen and oxygen atoms in total. The lowest BCUT2D eigenvalue weighted by molar-refractivity contribution is -0.757. The van der Waals surface area contributed by atoms with Crippen LogP contribution in [0.4, 0.5) is 4.39 Å². The van der Waals surface area contributed by atoms with Gasteiger partial charge in [0.15, 0.2) is 24.3 Å². The quantitative estimate of drug-likeness (QED) is 0.117. The van der Waals surface area contributed by atoms with Gasteiger partial charge in [0.05, 0.1) is 31.8 Å². The van der Waals surface area contributed by atoms with E-state index in [2.05, 4.69) is 4.84 Å². The summed E-state index contributed by atoms with van der Waals surface area (Å²) in [4.78, 5) is 65.7. The van der Waals surface area contributed by atoms with Crippen LogP contribution in [0.3, 0.4) is 0 Å². The Morgan fingerprint density at radius 1 is 1.21 bits per heavy atom. The van der Waals surface area contributed by atoms with Crippen LogP contribution in [0.15, 0.2) is 23.8 Å². The van der Waals surface area contributed by atoms with Crippen molar-refractivity contribution in [3.8, 4) is 0 Å². The number of halogens is 1. The van der Waals surface area contributed by atoms with Crippen LogP contribution in [0.1, 0.15) is 72.1 Å². The van der Waals surface area contributed by atoms with Gasteiger partial charge < -0.3 is 34.6 Å². The number of carbonyl (C=O) groups excluding carboxylic acids is 4. The maximum absolute atomic E-state index is 15.8. The molecule has 48 heavy (non-hydrogen) atoms. The number of ether oxygens (including phenoxy) is 4. The van der Waals surface area contributed by atoms with Crippen molar-refractivity contribution in [1.29, 1.82) is 0 Å². The molecule has 266 valence electrons. The van der Waals surface area contributed by atoms with E-state index in [1.165, 1.54) is 12.2 Å². The van der Waals surface area contributed by atoms with Crippen molar-refractivity contribution in [2.24, 2.45) is 34.3 Å². The number of esters is 2. The van der Waals surface area contributed by atoms with Crippen LogP contribution in [0.2, 0.25) is 0 Å². The van der Waals surface area contributed by atoms with E-state index >= 15 is 4.39 Å². The lowest BCUT2D eigenvalue weighted by Crippen LogP contribution is -2.64. The molecule has 2 unspecified atom stereocenters. The fraction of sp³-hybridized carbons (Fsp3) is 0.758. The molecule has 5 aliphatic rings. The predicted octanol–water partition coefficient (Wildman–Crippen LogP) is 2.46. The number of carbonyl (C=O) groups is 4. The summed E-state index contributed by atoms with van der Waals surface area (Å²) < 4.78 is 39.0. The van der Waals surface area contributed by atoms with Gasteiger partial charge in [-0.1, -0.05) is 33.3 Å². The minimum absolute atomic E-state index is 0.0789. The number of unbranched alkanes of at least 4 members (excludes halogenated alkanes) is 1. The summed E-state index contributed by atoms with van der Waals surface area (Å²) >= 11 is 0. The van der Waals surface area contributed by atoms with E-state index in [1.54, 1.807) is 6.08 Å². The highest BCUT2D eigenvalue weighted by Crippen LogP contribution is 2.70. The molecule has 0 bridgehead atoms. The minimum atomic E-state index is -1.58. The van der Waals surface area contributed by atoms with E-state index in [1.807, 2.05) is 20.8 Å². The Kier molecular flexibility index (Phi) is 10.4. The Hall–Kier alpha value is -3.27. The first-order valence-electron chi connectivity index (χ1n) is 16.7. The van der Waals surface area contributed by atoms with Crippen molar-refractivity contribution in [1.82, 2.24) is 0 Å². The van der Waals surface area contributed by atoms with Crippen molar-refractivity contribution >= 4 is 23.5 Å². The number of ketones is 2. The molecule has 1 heterocycles. The molecule has 11 atom stereocenters. The first kappa shape index (κ1) is 36.0. The van der Waals surface area contributed by atoms with E-state index < -0.39 is 88.9 Å². The van der Waals surface area contributed by atoms with E-state index in [0.717, 1.165) is 0 Å². The number of hydrogen-bond acceptors (Lipinski definition) is 13. The zero-order chi connectivity index (χ0) is 35.0. The predicted molar refractivity (Wildman–Crippen MR) is 163 cm³/mol. The fourth-order valence-electron chi connectivity index (χ4n) is 9.21. The highest BCUT2D eigenvalue weighted by Gasteiger charge is 2.76. The fourth-order valence-corrected chi connectivity index (χ4v) is 9.21. The van der Waals surface area contributed by atoms with Gasteiger partial charge in [-0.2, -0.15) is 0 Å². The van der Waals surface area contributed by atoms with E-state index in [0.29, 0.717) is 24.8 Å². The molecule has 0 aromatic rings. The third-order valence-corrected chi connectivity index (χ3v) is 11.2. The van der Waals surface area contributed by atoms with Crippen LogP contribution in [0.5, 0.6) is 0 Å². The molecule has 0 aromatic heterocycles. The lowest BCUT2D eigenvalue weighted by Gasteiger charge is -2.60. The minimum Gasteiger partial charge on any atom is -0.465 e. The molecule has 5 rings (SSSR count). The highest BCUT2D eigenvalue weighted by atomic mass is 19.1. The van der Waals surface area contributed by atoms with E-state index in [-0.39, 0.29) is 56.5 Å². The average molecular weight is 681 g/mol. The van der Waals surface area contributed by atoms with Crippen LogP contribution < -0.4 is 5.73 Å². The first-order chi connectivity index (χ1) is 22.7. The highest BCUT2D eigenvalue weighted by molar-refractivity contribution is 6.01. The number of nitrogens with zero attached hydrogens (tertiary/aromatic N) is 1. The number of aliphatic hydroxyl groups excluding tert-OH is 1.